The number of amides is 2. The summed E-state index contributed by atoms with van der Waals surface area (Å²) in [5.74, 6) is -1.11. The van der Waals surface area contributed by atoms with Gasteiger partial charge < -0.3 is 15.0 Å². The van der Waals surface area contributed by atoms with Crippen molar-refractivity contribution in [1.29, 1.82) is 0 Å². The zero-order valence-corrected chi connectivity index (χ0v) is 17.9. The van der Waals surface area contributed by atoms with Gasteiger partial charge in [0.1, 0.15) is 0 Å². The molecule has 160 valence electrons. The molecule has 8 heteroatoms. The van der Waals surface area contributed by atoms with E-state index in [1.54, 1.807) is 23.6 Å². The average molecular weight is 412 g/mol. The minimum Gasteiger partial charge on any atom is -0.455 e. The second-order valence-corrected chi connectivity index (χ2v) is 7.71. The van der Waals surface area contributed by atoms with Gasteiger partial charge >= 0.3 is 5.97 Å². The molecule has 1 saturated heterocycles. The minimum atomic E-state index is -0.396. The molecule has 0 radical (unpaired) electrons. The summed E-state index contributed by atoms with van der Waals surface area (Å²) in [6.07, 6.45) is 1.05. The van der Waals surface area contributed by atoms with Gasteiger partial charge in [0, 0.05) is 25.7 Å². The van der Waals surface area contributed by atoms with E-state index in [1.165, 1.54) is 0 Å². The van der Waals surface area contributed by atoms with Crippen LogP contribution in [-0.2, 0) is 21.4 Å². The van der Waals surface area contributed by atoms with E-state index in [4.69, 9.17) is 4.74 Å². The van der Waals surface area contributed by atoms with E-state index >= 15 is 0 Å². The molecule has 0 spiro atoms. The largest absolute Gasteiger partial charge is 0.455 e. The summed E-state index contributed by atoms with van der Waals surface area (Å²) >= 11 is 0. The fourth-order valence-electron chi connectivity index (χ4n) is 3.69. The number of nitrogens with one attached hydrogen (secondary N) is 1. The van der Waals surface area contributed by atoms with Gasteiger partial charge in [-0.1, -0.05) is 18.2 Å². The third-order valence-electron chi connectivity index (χ3n) is 5.61. The Morgan fingerprint density at radius 1 is 1.13 bits per heavy atom. The predicted molar refractivity (Wildman–Crippen MR) is 112 cm³/mol. The number of carbonyl (C=O) groups excluding carboxylic acids is 3. The molecule has 1 aromatic heterocycles. The number of piperidine rings is 1. The summed E-state index contributed by atoms with van der Waals surface area (Å²) in [6, 6.07) is 7.49. The van der Waals surface area contributed by atoms with E-state index in [-0.39, 0.29) is 18.4 Å². The molecular formula is C22H28N4O4. The molecule has 1 aliphatic heterocycles. The van der Waals surface area contributed by atoms with E-state index in [0.717, 1.165) is 11.3 Å². The second-order valence-electron chi connectivity index (χ2n) is 7.71. The molecule has 2 amide bonds. The van der Waals surface area contributed by atoms with Gasteiger partial charge in [0.25, 0.3) is 11.8 Å². The topological polar surface area (TPSA) is 93.5 Å². The molecule has 0 bridgehead atoms. The molecule has 30 heavy (non-hydrogen) atoms. The number of hydrogen-bond donors (Lipinski definition) is 1. The Hall–Kier alpha value is -3.16. The van der Waals surface area contributed by atoms with E-state index in [2.05, 4.69) is 10.4 Å². The Kier molecular flexibility index (Phi) is 6.54. The van der Waals surface area contributed by atoms with Crippen LogP contribution < -0.4 is 5.32 Å². The zero-order valence-electron chi connectivity index (χ0n) is 17.9. The van der Waals surface area contributed by atoms with Crippen LogP contribution in [0.25, 0.3) is 0 Å². The molecular weight excluding hydrogens is 384 g/mol. The van der Waals surface area contributed by atoms with Gasteiger partial charge in [0.2, 0.25) is 0 Å². The van der Waals surface area contributed by atoms with Crippen LogP contribution in [0.2, 0.25) is 0 Å². The number of rotatable bonds is 5. The van der Waals surface area contributed by atoms with Crippen molar-refractivity contribution in [1.82, 2.24) is 14.7 Å². The van der Waals surface area contributed by atoms with E-state index < -0.39 is 11.9 Å². The second kappa shape index (κ2) is 9.11. The summed E-state index contributed by atoms with van der Waals surface area (Å²) in [7, 11) is 1.80. The number of benzene rings is 1. The Balaban J connectivity index is 1.47. The van der Waals surface area contributed by atoms with Gasteiger partial charge in [0.15, 0.2) is 6.61 Å². The van der Waals surface area contributed by atoms with Gasteiger partial charge in [0.05, 0.1) is 23.0 Å². The number of nitrogens with zero attached hydrogens (tertiary/aromatic N) is 3. The van der Waals surface area contributed by atoms with Gasteiger partial charge in [-0.2, -0.15) is 5.10 Å². The predicted octanol–water partition coefficient (Wildman–Crippen LogP) is 2.38. The highest BCUT2D eigenvalue weighted by atomic mass is 16.5. The molecule has 0 atom stereocenters. The molecule has 0 unspecified atom stereocenters. The first-order valence-corrected chi connectivity index (χ1v) is 10.1. The van der Waals surface area contributed by atoms with Crippen molar-refractivity contribution in [3.63, 3.8) is 0 Å². The number of anilines is 1. The molecule has 3 rings (SSSR count). The van der Waals surface area contributed by atoms with Crippen LogP contribution in [0.15, 0.2) is 24.3 Å². The highest BCUT2D eigenvalue weighted by Crippen LogP contribution is 2.22. The van der Waals surface area contributed by atoms with Crippen molar-refractivity contribution in [3.8, 4) is 0 Å². The zero-order chi connectivity index (χ0) is 21.8. The lowest BCUT2D eigenvalue weighted by molar-refractivity contribution is -0.152. The van der Waals surface area contributed by atoms with Crippen molar-refractivity contribution in [2.75, 3.05) is 25.0 Å². The van der Waals surface area contributed by atoms with Crippen molar-refractivity contribution in [2.24, 2.45) is 13.0 Å². The molecule has 1 fully saturated rings. The third kappa shape index (κ3) is 4.69. The monoisotopic (exact) mass is 412 g/mol. The molecule has 0 saturated carbocycles. The number of esters is 1. The van der Waals surface area contributed by atoms with Gasteiger partial charge in [-0.25, -0.2) is 0 Å². The number of hydrogen-bond acceptors (Lipinski definition) is 5. The van der Waals surface area contributed by atoms with Crippen LogP contribution >= 0.6 is 0 Å². The maximum Gasteiger partial charge on any atom is 0.309 e. The van der Waals surface area contributed by atoms with E-state index in [1.807, 2.05) is 38.1 Å². The lowest BCUT2D eigenvalue weighted by Gasteiger charge is -2.31. The molecule has 1 aromatic carbocycles. The highest BCUT2D eigenvalue weighted by molar-refractivity contribution is 5.96. The molecule has 2 heterocycles. The molecule has 1 aliphatic rings. The van der Waals surface area contributed by atoms with Gasteiger partial charge in [-0.15, -0.1) is 0 Å². The Morgan fingerprint density at radius 2 is 1.80 bits per heavy atom. The van der Waals surface area contributed by atoms with Crippen LogP contribution in [0.1, 0.15) is 40.2 Å². The molecule has 0 aliphatic carbocycles. The number of carbonyl (C=O) groups is 3. The summed E-state index contributed by atoms with van der Waals surface area (Å²) in [5.41, 5.74) is 3.81. The summed E-state index contributed by atoms with van der Waals surface area (Å²) in [5, 5.41) is 6.99. The fourth-order valence-corrected chi connectivity index (χ4v) is 3.69. The first-order valence-electron chi connectivity index (χ1n) is 10.1. The summed E-state index contributed by atoms with van der Waals surface area (Å²) in [6.45, 7) is 6.22. The van der Waals surface area contributed by atoms with Crippen molar-refractivity contribution >= 4 is 23.5 Å². The maximum atomic E-state index is 12.7. The number of likely N-dealkylation sites (tertiary alicyclic amines) is 1. The smallest absolute Gasteiger partial charge is 0.309 e. The van der Waals surface area contributed by atoms with E-state index in [0.29, 0.717) is 42.9 Å². The highest BCUT2D eigenvalue weighted by Gasteiger charge is 2.29. The molecule has 8 nitrogen and oxygen atoms in total. The standard InChI is InChI=1S/C22H28N4O4/c1-14-7-5-6-8-18(14)21(28)26-11-9-17(10-12-26)22(29)30-13-19(27)23-20-15(2)24-25(4)16(20)3/h5-8,17H,9-13H2,1-4H3,(H,23,27). The van der Waals surface area contributed by atoms with Crippen LogP contribution in [0, 0.1) is 26.7 Å². The van der Waals surface area contributed by atoms with Crippen LogP contribution in [-0.4, -0.2) is 52.2 Å². The fraction of sp³-hybridized carbons (Fsp3) is 0.455. The van der Waals surface area contributed by atoms with Gasteiger partial charge in [-0.05, 0) is 45.2 Å². The molecule has 1 N–H and O–H groups in total. The van der Waals surface area contributed by atoms with Crippen molar-refractivity contribution < 1.29 is 19.1 Å². The maximum absolute atomic E-state index is 12.7. The first kappa shape index (κ1) is 21.5. The third-order valence-corrected chi connectivity index (χ3v) is 5.61. The summed E-state index contributed by atoms with van der Waals surface area (Å²) in [4.78, 5) is 39.0. The Morgan fingerprint density at radius 3 is 2.40 bits per heavy atom. The lowest BCUT2D eigenvalue weighted by Crippen LogP contribution is -2.41. The van der Waals surface area contributed by atoms with Crippen LogP contribution in [0.5, 0.6) is 0 Å². The SMILES string of the molecule is Cc1ccccc1C(=O)N1CCC(C(=O)OCC(=O)Nc2c(C)nn(C)c2C)CC1. The number of ether oxygens (including phenoxy) is 1. The quantitative estimate of drug-likeness (QED) is 0.761. The number of aromatic nitrogens is 2. The van der Waals surface area contributed by atoms with Crippen molar-refractivity contribution in [2.45, 2.75) is 33.6 Å². The van der Waals surface area contributed by atoms with Crippen molar-refractivity contribution in [3.05, 3.63) is 46.8 Å². The Bertz CT molecular complexity index is 958. The van der Waals surface area contributed by atoms with Crippen LogP contribution in [0.3, 0.4) is 0 Å². The minimum absolute atomic E-state index is 0.0125. The van der Waals surface area contributed by atoms with E-state index in [9.17, 15) is 14.4 Å². The first-order chi connectivity index (χ1) is 14.3. The summed E-state index contributed by atoms with van der Waals surface area (Å²) < 4.78 is 6.90. The molecule has 2 aromatic rings. The lowest BCUT2D eigenvalue weighted by atomic mass is 9.96. The Labute approximate surface area is 176 Å². The van der Waals surface area contributed by atoms with Gasteiger partial charge in [-0.3, -0.25) is 19.1 Å². The van der Waals surface area contributed by atoms with Crippen LogP contribution in [0.4, 0.5) is 5.69 Å². The normalized spacial score (nSPS) is 14.5. The average Bonchev–Trinajstić information content (AvgIpc) is 2.98. The number of aryl methyl sites for hydroxylation is 3.